The van der Waals surface area contributed by atoms with E-state index in [0.29, 0.717) is 10.9 Å². The van der Waals surface area contributed by atoms with Crippen LogP contribution in [0.5, 0.6) is 5.75 Å². The van der Waals surface area contributed by atoms with E-state index in [9.17, 15) is 9.59 Å². The van der Waals surface area contributed by atoms with Crippen molar-refractivity contribution >= 4 is 29.9 Å². The van der Waals surface area contributed by atoms with Crippen molar-refractivity contribution in [2.75, 3.05) is 5.75 Å². The Balaban J connectivity index is 1.80. The molecule has 2 rings (SSSR count). The van der Waals surface area contributed by atoms with Gasteiger partial charge in [-0.2, -0.15) is 5.10 Å². The van der Waals surface area contributed by atoms with Gasteiger partial charge in [0.1, 0.15) is 5.75 Å². The van der Waals surface area contributed by atoms with Gasteiger partial charge in [0.15, 0.2) is 5.16 Å². The highest BCUT2D eigenvalue weighted by molar-refractivity contribution is 7.99. The molecule has 2 aromatic rings. The fourth-order valence-electron chi connectivity index (χ4n) is 1.89. The van der Waals surface area contributed by atoms with Crippen molar-refractivity contribution < 1.29 is 14.3 Å². The lowest BCUT2D eigenvalue weighted by Gasteiger charge is -2.02. The van der Waals surface area contributed by atoms with Crippen molar-refractivity contribution in [1.82, 2.24) is 15.4 Å². The maximum atomic E-state index is 11.8. The molecule has 1 amide bonds. The van der Waals surface area contributed by atoms with E-state index in [0.717, 1.165) is 17.0 Å². The van der Waals surface area contributed by atoms with Gasteiger partial charge in [-0.05, 0) is 49.7 Å². The molecule has 1 aromatic heterocycles. The Hall–Kier alpha value is -2.74. The van der Waals surface area contributed by atoms with Crippen LogP contribution in [-0.2, 0) is 9.59 Å². The number of aryl methyl sites for hydroxylation is 2. The van der Waals surface area contributed by atoms with Gasteiger partial charge in [0.05, 0.1) is 12.0 Å². The Morgan fingerprint density at radius 2 is 1.84 bits per heavy atom. The normalized spacial score (nSPS) is 10.7. The summed E-state index contributed by atoms with van der Waals surface area (Å²) in [5.74, 6) is 0.00376. The molecule has 1 heterocycles. The number of benzene rings is 1. The highest BCUT2D eigenvalue weighted by Crippen LogP contribution is 2.13. The molecule has 25 heavy (non-hydrogen) atoms. The highest BCUT2D eigenvalue weighted by Gasteiger charge is 2.05. The molecule has 1 N–H and O–H groups in total. The molecule has 0 radical (unpaired) electrons. The molecule has 0 aliphatic heterocycles. The van der Waals surface area contributed by atoms with E-state index >= 15 is 0 Å². The monoisotopic (exact) mass is 358 g/mol. The van der Waals surface area contributed by atoms with Gasteiger partial charge in [-0.1, -0.05) is 11.8 Å². The highest BCUT2D eigenvalue weighted by atomic mass is 32.2. The third kappa shape index (κ3) is 6.72. The van der Waals surface area contributed by atoms with Crippen LogP contribution >= 0.6 is 11.8 Å². The maximum absolute atomic E-state index is 11.8. The van der Waals surface area contributed by atoms with Crippen molar-refractivity contribution in [2.24, 2.45) is 5.10 Å². The van der Waals surface area contributed by atoms with Crippen LogP contribution in [0.15, 0.2) is 40.6 Å². The number of hydrogen-bond acceptors (Lipinski definition) is 7. The number of rotatable bonds is 6. The van der Waals surface area contributed by atoms with Gasteiger partial charge < -0.3 is 4.74 Å². The van der Waals surface area contributed by atoms with Gasteiger partial charge in [-0.3, -0.25) is 9.59 Å². The van der Waals surface area contributed by atoms with E-state index in [1.165, 1.54) is 24.9 Å². The first-order valence-electron chi connectivity index (χ1n) is 7.48. The molecule has 0 aliphatic rings. The molecule has 0 aliphatic carbocycles. The van der Waals surface area contributed by atoms with Crippen LogP contribution in [0, 0.1) is 13.8 Å². The first kappa shape index (κ1) is 18.6. The number of aromatic nitrogens is 2. The van der Waals surface area contributed by atoms with Crippen molar-refractivity contribution in [1.29, 1.82) is 0 Å². The summed E-state index contributed by atoms with van der Waals surface area (Å²) in [6, 6.07) is 8.63. The summed E-state index contributed by atoms with van der Waals surface area (Å²) in [7, 11) is 0. The second kappa shape index (κ2) is 8.93. The van der Waals surface area contributed by atoms with Gasteiger partial charge in [0.2, 0.25) is 0 Å². The number of nitrogens with zero attached hydrogens (tertiary/aromatic N) is 3. The van der Waals surface area contributed by atoms with Crippen LogP contribution in [-0.4, -0.2) is 33.8 Å². The Morgan fingerprint density at radius 1 is 1.20 bits per heavy atom. The summed E-state index contributed by atoms with van der Waals surface area (Å²) < 4.78 is 4.93. The van der Waals surface area contributed by atoms with E-state index in [1.54, 1.807) is 24.3 Å². The summed E-state index contributed by atoms with van der Waals surface area (Å²) in [4.78, 5) is 31.2. The molecule has 0 fully saturated rings. The van der Waals surface area contributed by atoms with Crippen molar-refractivity contribution in [3.63, 3.8) is 0 Å². The number of hydrazone groups is 1. The maximum Gasteiger partial charge on any atom is 0.308 e. The minimum atomic E-state index is -0.376. The Morgan fingerprint density at radius 3 is 2.44 bits per heavy atom. The predicted molar refractivity (Wildman–Crippen MR) is 95.7 cm³/mol. The van der Waals surface area contributed by atoms with Gasteiger partial charge >= 0.3 is 5.97 Å². The number of hydrogen-bond donors (Lipinski definition) is 1. The topological polar surface area (TPSA) is 93.5 Å². The van der Waals surface area contributed by atoms with Crippen molar-refractivity contribution in [3.8, 4) is 5.75 Å². The Bertz CT molecular complexity index is 771. The first-order chi connectivity index (χ1) is 11.9. The first-order valence-corrected chi connectivity index (χ1v) is 8.46. The smallest absolute Gasteiger partial charge is 0.308 e. The average molecular weight is 358 g/mol. The molecule has 0 spiro atoms. The Kier molecular flexibility index (Phi) is 6.64. The lowest BCUT2D eigenvalue weighted by atomic mass is 10.2. The standard InChI is InChI=1S/C17H18N4O3S/c1-11-8-12(2)20-17(19-11)25-10-16(23)21-18-9-14-4-6-15(7-5-14)24-13(3)22/h4-9H,10H2,1-3H3,(H,21,23)/b18-9-. The number of esters is 1. The molecular formula is C17H18N4O3S. The number of nitrogens with one attached hydrogen (secondary N) is 1. The largest absolute Gasteiger partial charge is 0.427 e. The lowest BCUT2D eigenvalue weighted by Crippen LogP contribution is -2.19. The second-order valence-electron chi connectivity index (χ2n) is 5.18. The van der Waals surface area contributed by atoms with E-state index in [-0.39, 0.29) is 17.6 Å². The molecule has 0 bridgehead atoms. The van der Waals surface area contributed by atoms with Crippen LogP contribution in [0.1, 0.15) is 23.9 Å². The summed E-state index contributed by atoms with van der Waals surface area (Å²) >= 11 is 1.25. The number of ether oxygens (including phenoxy) is 1. The fourth-order valence-corrected chi connectivity index (χ4v) is 2.63. The predicted octanol–water partition coefficient (Wildman–Crippen LogP) is 2.26. The molecule has 7 nitrogen and oxygen atoms in total. The van der Waals surface area contributed by atoms with E-state index < -0.39 is 0 Å². The third-order valence-electron chi connectivity index (χ3n) is 2.84. The molecule has 0 saturated heterocycles. The van der Waals surface area contributed by atoms with Gasteiger partial charge in [0.25, 0.3) is 5.91 Å². The zero-order chi connectivity index (χ0) is 18.2. The molecule has 130 valence electrons. The summed E-state index contributed by atoms with van der Waals surface area (Å²) in [6.45, 7) is 5.11. The minimum absolute atomic E-state index is 0.172. The van der Waals surface area contributed by atoms with Crippen LogP contribution in [0.2, 0.25) is 0 Å². The number of thioether (sulfide) groups is 1. The summed E-state index contributed by atoms with van der Waals surface area (Å²) in [6.07, 6.45) is 1.51. The number of carbonyl (C=O) groups excluding carboxylic acids is 2. The lowest BCUT2D eigenvalue weighted by molar-refractivity contribution is -0.131. The fraction of sp³-hybridized carbons (Fsp3) is 0.235. The molecule has 0 unspecified atom stereocenters. The summed E-state index contributed by atoms with van der Waals surface area (Å²) in [5.41, 5.74) is 4.94. The quantitative estimate of drug-likeness (QED) is 0.213. The SMILES string of the molecule is CC(=O)Oc1ccc(/C=N\NC(=O)CSc2nc(C)cc(C)n2)cc1. The van der Waals surface area contributed by atoms with E-state index in [1.807, 2.05) is 19.9 Å². The van der Waals surface area contributed by atoms with Gasteiger partial charge in [-0.25, -0.2) is 15.4 Å². The van der Waals surface area contributed by atoms with Gasteiger partial charge in [-0.15, -0.1) is 0 Å². The van der Waals surface area contributed by atoms with Crippen molar-refractivity contribution in [2.45, 2.75) is 25.9 Å². The second-order valence-corrected chi connectivity index (χ2v) is 6.12. The summed E-state index contributed by atoms with van der Waals surface area (Å²) in [5, 5.41) is 4.46. The zero-order valence-corrected chi connectivity index (χ0v) is 15.0. The number of amides is 1. The van der Waals surface area contributed by atoms with E-state index in [2.05, 4.69) is 20.5 Å². The molecule has 0 atom stereocenters. The Labute approximate surface area is 149 Å². The minimum Gasteiger partial charge on any atom is -0.427 e. The molecular weight excluding hydrogens is 340 g/mol. The van der Waals surface area contributed by atoms with Crippen LogP contribution in [0.3, 0.4) is 0 Å². The zero-order valence-electron chi connectivity index (χ0n) is 14.1. The molecule has 8 heteroatoms. The average Bonchev–Trinajstić information content (AvgIpc) is 2.53. The van der Waals surface area contributed by atoms with Crippen LogP contribution < -0.4 is 10.2 Å². The molecule has 0 saturated carbocycles. The van der Waals surface area contributed by atoms with Crippen LogP contribution in [0.25, 0.3) is 0 Å². The third-order valence-corrected chi connectivity index (χ3v) is 3.69. The van der Waals surface area contributed by atoms with Crippen molar-refractivity contribution in [3.05, 3.63) is 47.3 Å². The van der Waals surface area contributed by atoms with Gasteiger partial charge in [0, 0.05) is 18.3 Å². The van der Waals surface area contributed by atoms with E-state index in [4.69, 9.17) is 4.74 Å². The van der Waals surface area contributed by atoms with Crippen LogP contribution in [0.4, 0.5) is 0 Å². The molecule has 1 aromatic carbocycles. The number of carbonyl (C=O) groups is 2.